The van der Waals surface area contributed by atoms with E-state index in [4.69, 9.17) is 27.9 Å². The molecule has 1 amide bonds. The van der Waals surface area contributed by atoms with Gasteiger partial charge < -0.3 is 10.1 Å². The van der Waals surface area contributed by atoms with Crippen molar-refractivity contribution in [1.29, 1.82) is 0 Å². The van der Waals surface area contributed by atoms with Crippen LogP contribution in [0.3, 0.4) is 0 Å². The second-order valence-electron chi connectivity index (χ2n) is 4.30. The van der Waals surface area contributed by atoms with Gasteiger partial charge in [0.05, 0.1) is 17.2 Å². The first-order chi connectivity index (χ1) is 9.51. The summed E-state index contributed by atoms with van der Waals surface area (Å²) in [6.07, 6.45) is 0. The van der Waals surface area contributed by atoms with Crippen LogP contribution in [0.2, 0.25) is 10.0 Å². The van der Waals surface area contributed by atoms with Gasteiger partial charge in [0, 0.05) is 11.3 Å². The summed E-state index contributed by atoms with van der Waals surface area (Å²) in [6.45, 7) is 1.96. The SMILES string of the molecule is COc1c(Cl)cc(C(=O)Nc2cccc(C)c2)cc1Cl. The topological polar surface area (TPSA) is 38.3 Å². The molecule has 1 N–H and O–H groups in total. The van der Waals surface area contributed by atoms with E-state index in [9.17, 15) is 4.79 Å². The Labute approximate surface area is 127 Å². The van der Waals surface area contributed by atoms with Crippen molar-refractivity contribution >= 4 is 34.8 Å². The maximum Gasteiger partial charge on any atom is 0.255 e. The number of methoxy groups -OCH3 is 1. The highest BCUT2D eigenvalue weighted by molar-refractivity contribution is 6.37. The molecule has 2 aromatic rings. The van der Waals surface area contributed by atoms with Crippen molar-refractivity contribution in [2.45, 2.75) is 6.92 Å². The molecule has 0 unspecified atom stereocenters. The summed E-state index contributed by atoms with van der Waals surface area (Å²) in [5.74, 6) is 0.0856. The minimum atomic E-state index is -0.276. The van der Waals surface area contributed by atoms with E-state index in [2.05, 4.69) is 5.32 Å². The quantitative estimate of drug-likeness (QED) is 0.902. The molecule has 0 saturated carbocycles. The number of nitrogens with one attached hydrogen (secondary N) is 1. The lowest BCUT2D eigenvalue weighted by molar-refractivity contribution is 0.102. The molecule has 0 bridgehead atoms. The van der Waals surface area contributed by atoms with Crippen LogP contribution < -0.4 is 10.1 Å². The van der Waals surface area contributed by atoms with Gasteiger partial charge >= 0.3 is 0 Å². The Morgan fingerprint density at radius 2 is 1.80 bits per heavy atom. The summed E-state index contributed by atoms with van der Waals surface area (Å²) in [6, 6.07) is 10.6. The Kier molecular flexibility index (Phi) is 4.53. The lowest BCUT2D eigenvalue weighted by Gasteiger charge is -2.09. The monoisotopic (exact) mass is 309 g/mol. The molecule has 0 aliphatic carbocycles. The predicted molar refractivity (Wildman–Crippen MR) is 82.1 cm³/mol. The van der Waals surface area contributed by atoms with Gasteiger partial charge in [-0.1, -0.05) is 35.3 Å². The molecule has 3 nitrogen and oxygen atoms in total. The summed E-state index contributed by atoms with van der Waals surface area (Å²) in [4.78, 5) is 12.2. The normalized spacial score (nSPS) is 10.2. The van der Waals surface area contributed by atoms with E-state index in [0.29, 0.717) is 21.4 Å². The molecule has 0 fully saturated rings. The molecule has 0 saturated heterocycles. The number of carbonyl (C=O) groups is 1. The molecule has 0 spiro atoms. The fourth-order valence-electron chi connectivity index (χ4n) is 1.81. The number of aryl methyl sites for hydroxylation is 1. The van der Waals surface area contributed by atoms with Crippen LogP contribution in [0.5, 0.6) is 5.75 Å². The zero-order valence-corrected chi connectivity index (χ0v) is 12.5. The van der Waals surface area contributed by atoms with E-state index in [1.165, 1.54) is 19.2 Å². The van der Waals surface area contributed by atoms with E-state index >= 15 is 0 Å². The number of rotatable bonds is 3. The Bertz CT molecular complexity index is 633. The van der Waals surface area contributed by atoms with Crippen LogP contribution in [0, 0.1) is 6.92 Å². The molecular formula is C15H13Cl2NO2. The molecule has 0 heterocycles. The van der Waals surface area contributed by atoms with Crippen LogP contribution in [0.1, 0.15) is 15.9 Å². The third kappa shape index (κ3) is 3.24. The fraction of sp³-hybridized carbons (Fsp3) is 0.133. The lowest BCUT2D eigenvalue weighted by atomic mass is 10.2. The Morgan fingerprint density at radius 1 is 1.15 bits per heavy atom. The zero-order valence-electron chi connectivity index (χ0n) is 11.0. The van der Waals surface area contributed by atoms with Gasteiger partial charge in [0.15, 0.2) is 5.75 Å². The number of hydrogen-bond donors (Lipinski definition) is 1. The standard InChI is InChI=1S/C15H13Cl2NO2/c1-9-4-3-5-11(6-9)18-15(19)10-7-12(16)14(20-2)13(17)8-10/h3-8H,1-2H3,(H,18,19). The smallest absolute Gasteiger partial charge is 0.255 e. The van der Waals surface area contributed by atoms with Crippen LogP contribution in [0.4, 0.5) is 5.69 Å². The number of anilines is 1. The van der Waals surface area contributed by atoms with E-state index in [0.717, 1.165) is 11.3 Å². The van der Waals surface area contributed by atoms with Crippen LogP contribution >= 0.6 is 23.2 Å². The van der Waals surface area contributed by atoms with Gasteiger partial charge in [-0.2, -0.15) is 0 Å². The molecule has 0 atom stereocenters. The lowest BCUT2D eigenvalue weighted by Crippen LogP contribution is -2.12. The van der Waals surface area contributed by atoms with Crippen LogP contribution in [-0.2, 0) is 0 Å². The minimum Gasteiger partial charge on any atom is -0.494 e. The Balaban J connectivity index is 2.26. The van der Waals surface area contributed by atoms with Crippen molar-refractivity contribution in [3.05, 3.63) is 57.6 Å². The van der Waals surface area contributed by atoms with E-state index < -0.39 is 0 Å². The van der Waals surface area contributed by atoms with Gasteiger partial charge in [-0.3, -0.25) is 4.79 Å². The van der Waals surface area contributed by atoms with Gasteiger partial charge in [0.1, 0.15) is 0 Å². The highest BCUT2D eigenvalue weighted by atomic mass is 35.5. The second-order valence-corrected chi connectivity index (χ2v) is 5.11. The van der Waals surface area contributed by atoms with E-state index in [1.807, 2.05) is 31.2 Å². The van der Waals surface area contributed by atoms with Gasteiger partial charge in [0.2, 0.25) is 0 Å². The molecule has 2 aromatic carbocycles. The molecule has 0 aromatic heterocycles. The second kappa shape index (κ2) is 6.16. The average Bonchev–Trinajstić information content (AvgIpc) is 2.38. The van der Waals surface area contributed by atoms with Crippen molar-refractivity contribution in [3.63, 3.8) is 0 Å². The van der Waals surface area contributed by atoms with Gasteiger partial charge in [0.25, 0.3) is 5.91 Å². The molecule has 0 aliphatic heterocycles. The van der Waals surface area contributed by atoms with Gasteiger partial charge in [-0.05, 0) is 36.8 Å². The van der Waals surface area contributed by atoms with Crippen LogP contribution in [-0.4, -0.2) is 13.0 Å². The summed E-state index contributed by atoms with van der Waals surface area (Å²) in [7, 11) is 1.47. The van der Waals surface area contributed by atoms with Crippen molar-refractivity contribution in [3.8, 4) is 5.75 Å². The number of benzene rings is 2. The molecule has 104 valence electrons. The van der Waals surface area contributed by atoms with Crippen molar-refractivity contribution in [1.82, 2.24) is 0 Å². The number of amides is 1. The first-order valence-corrected chi connectivity index (χ1v) is 6.68. The molecular weight excluding hydrogens is 297 g/mol. The van der Waals surface area contributed by atoms with Crippen molar-refractivity contribution in [2.75, 3.05) is 12.4 Å². The number of ether oxygens (including phenoxy) is 1. The molecule has 0 radical (unpaired) electrons. The predicted octanol–water partition coefficient (Wildman–Crippen LogP) is 4.56. The van der Waals surface area contributed by atoms with Crippen LogP contribution in [0.25, 0.3) is 0 Å². The molecule has 2 rings (SSSR count). The number of hydrogen-bond acceptors (Lipinski definition) is 2. The molecule has 20 heavy (non-hydrogen) atoms. The number of carbonyl (C=O) groups excluding carboxylic acids is 1. The average molecular weight is 310 g/mol. The van der Waals surface area contributed by atoms with Crippen molar-refractivity contribution in [2.24, 2.45) is 0 Å². The Hall–Kier alpha value is -1.71. The first-order valence-electron chi connectivity index (χ1n) is 5.92. The number of halogens is 2. The summed E-state index contributed by atoms with van der Waals surface area (Å²) in [5.41, 5.74) is 2.16. The van der Waals surface area contributed by atoms with Gasteiger partial charge in [-0.25, -0.2) is 0 Å². The largest absolute Gasteiger partial charge is 0.494 e. The highest BCUT2D eigenvalue weighted by Gasteiger charge is 2.13. The summed E-state index contributed by atoms with van der Waals surface area (Å²) >= 11 is 12.0. The van der Waals surface area contributed by atoms with E-state index in [1.54, 1.807) is 0 Å². The molecule has 5 heteroatoms. The third-order valence-corrected chi connectivity index (χ3v) is 3.30. The van der Waals surface area contributed by atoms with Gasteiger partial charge in [-0.15, -0.1) is 0 Å². The molecule has 0 aliphatic rings. The summed E-state index contributed by atoms with van der Waals surface area (Å²) < 4.78 is 5.05. The highest BCUT2D eigenvalue weighted by Crippen LogP contribution is 2.34. The summed E-state index contributed by atoms with van der Waals surface area (Å²) in [5, 5.41) is 3.39. The first kappa shape index (κ1) is 14.7. The fourth-order valence-corrected chi connectivity index (χ4v) is 2.45. The van der Waals surface area contributed by atoms with E-state index in [-0.39, 0.29) is 5.91 Å². The Morgan fingerprint density at radius 3 is 2.35 bits per heavy atom. The van der Waals surface area contributed by atoms with Crippen molar-refractivity contribution < 1.29 is 9.53 Å². The maximum absolute atomic E-state index is 12.2. The minimum absolute atomic E-state index is 0.276. The maximum atomic E-state index is 12.2. The van der Waals surface area contributed by atoms with Crippen LogP contribution in [0.15, 0.2) is 36.4 Å². The third-order valence-electron chi connectivity index (χ3n) is 2.74. The zero-order chi connectivity index (χ0) is 14.7.